The number of aromatic nitrogens is 1. The Bertz CT molecular complexity index is 359. The van der Waals surface area contributed by atoms with E-state index in [4.69, 9.17) is 0 Å². The SMILES string of the molecule is CC(C)(C)c1cnc(F)c(C(C)(C)F)c1. The van der Waals surface area contributed by atoms with Gasteiger partial charge in [0, 0.05) is 11.8 Å². The number of halogens is 2. The van der Waals surface area contributed by atoms with Crippen LogP contribution in [0, 0.1) is 5.95 Å². The van der Waals surface area contributed by atoms with Gasteiger partial charge in [-0.3, -0.25) is 0 Å². The first-order valence-electron chi connectivity index (χ1n) is 4.98. The maximum Gasteiger partial charge on any atom is 0.219 e. The second-order valence-electron chi connectivity index (χ2n) is 5.28. The molecule has 0 fully saturated rings. The molecule has 0 aliphatic carbocycles. The molecule has 0 aliphatic rings. The van der Waals surface area contributed by atoms with Crippen LogP contribution in [0.15, 0.2) is 12.3 Å². The molecule has 1 rings (SSSR count). The summed E-state index contributed by atoms with van der Waals surface area (Å²) in [5.41, 5.74) is -0.987. The minimum absolute atomic E-state index is 0.0231. The molecule has 0 unspecified atom stereocenters. The molecule has 0 aliphatic heterocycles. The number of hydrogen-bond donors (Lipinski definition) is 0. The van der Waals surface area contributed by atoms with Crippen molar-refractivity contribution in [3.63, 3.8) is 0 Å². The van der Waals surface area contributed by atoms with Gasteiger partial charge in [0.15, 0.2) is 0 Å². The van der Waals surface area contributed by atoms with Crippen LogP contribution in [0.25, 0.3) is 0 Å². The molecule has 3 heteroatoms. The van der Waals surface area contributed by atoms with Crippen LogP contribution < -0.4 is 0 Å². The van der Waals surface area contributed by atoms with E-state index in [-0.39, 0.29) is 11.0 Å². The standard InChI is InChI=1S/C12H17F2N/c1-11(2,3)8-6-9(12(4,5)14)10(13)15-7-8/h6-7H,1-5H3. The molecule has 1 aromatic heterocycles. The lowest BCUT2D eigenvalue weighted by molar-refractivity contribution is 0.211. The quantitative estimate of drug-likeness (QED) is 0.648. The lowest BCUT2D eigenvalue weighted by atomic mass is 9.86. The molecule has 0 saturated heterocycles. The summed E-state index contributed by atoms with van der Waals surface area (Å²) in [6.45, 7) is 8.61. The third-order valence-corrected chi connectivity index (χ3v) is 2.35. The molecule has 0 amide bonds. The minimum Gasteiger partial charge on any atom is -0.239 e. The highest BCUT2D eigenvalue weighted by atomic mass is 19.1. The van der Waals surface area contributed by atoms with E-state index in [1.807, 2.05) is 20.8 Å². The summed E-state index contributed by atoms with van der Waals surface area (Å²) in [7, 11) is 0. The van der Waals surface area contributed by atoms with E-state index in [9.17, 15) is 8.78 Å². The first-order valence-corrected chi connectivity index (χ1v) is 4.98. The Morgan fingerprint density at radius 2 is 1.67 bits per heavy atom. The van der Waals surface area contributed by atoms with Crippen LogP contribution in [0.1, 0.15) is 45.7 Å². The van der Waals surface area contributed by atoms with E-state index in [0.717, 1.165) is 5.56 Å². The van der Waals surface area contributed by atoms with Crippen molar-refractivity contribution in [1.82, 2.24) is 4.98 Å². The van der Waals surface area contributed by atoms with Crippen molar-refractivity contribution >= 4 is 0 Å². The van der Waals surface area contributed by atoms with Gasteiger partial charge in [0.25, 0.3) is 0 Å². The maximum absolute atomic E-state index is 13.7. The molecule has 84 valence electrons. The number of pyridine rings is 1. The molecule has 1 heterocycles. The van der Waals surface area contributed by atoms with Crippen LogP contribution >= 0.6 is 0 Å². The number of nitrogens with zero attached hydrogens (tertiary/aromatic N) is 1. The third kappa shape index (κ3) is 2.74. The average Bonchev–Trinajstić information content (AvgIpc) is 2.00. The van der Waals surface area contributed by atoms with E-state index in [1.54, 1.807) is 6.07 Å². The normalized spacial score (nSPS) is 13.0. The van der Waals surface area contributed by atoms with Crippen molar-refractivity contribution in [2.24, 2.45) is 0 Å². The number of rotatable bonds is 1. The predicted molar refractivity (Wildman–Crippen MR) is 57.0 cm³/mol. The second-order valence-corrected chi connectivity index (χ2v) is 5.28. The Hall–Kier alpha value is -0.990. The molecule has 0 N–H and O–H groups in total. The van der Waals surface area contributed by atoms with Gasteiger partial charge in [0.1, 0.15) is 5.67 Å². The van der Waals surface area contributed by atoms with Crippen LogP contribution in [-0.4, -0.2) is 4.98 Å². The first-order chi connectivity index (χ1) is 6.62. The number of hydrogen-bond acceptors (Lipinski definition) is 1. The maximum atomic E-state index is 13.7. The first kappa shape index (κ1) is 12.1. The fourth-order valence-electron chi connectivity index (χ4n) is 1.28. The molecule has 1 aromatic rings. The van der Waals surface area contributed by atoms with Gasteiger partial charge in [0.2, 0.25) is 5.95 Å². The summed E-state index contributed by atoms with van der Waals surface area (Å²) in [5.74, 6) is -0.726. The third-order valence-electron chi connectivity index (χ3n) is 2.35. The van der Waals surface area contributed by atoms with E-state index in [1.165, 1.54) is 20.0 Å². The molecular formula is C12H17F2N. The zero-order chi connectivity index (χ0) is 11.9. The van der Waals surface area contributed by atoms with Gasteiger partial charge < -0.3 is 0 Å². The molecule has 0 aromatic carbocycles. The van der Waals surface area contributed by atoms with Gasteiger partial charge in [-0.05, 0) is 30.9 Å². The Labute approximate surface area is 89.5 Å². The molecule has 0 bridgehead atoms. The van der Waals surface area contributed by atoms with Gasteiger partial charge >= 0.3 is 0 Å². The van der Waals surface area contributed by atoms with Gasteiger partial charge in [-0.2, -0.15) is 4.39 Å². The second kappa shape index (κ2) is 3.54. The highest BCUT2D eigenvalue weighted by Gasteiger charge is 2.26. The largest absolute Gasteiger partial charge is 0.239 e. The lowest BCUT2D eigenvalue weighted by Crippen LogP contribution is -2.18. The van der Waals surface area contributed by atoms with Gasteiger partial charge in [0.05, 0.1) is 0 Å². The van der Waals surface area contributed by atoms with Crippen molar-refractivity contribution < 1.29 is 8.78 Å². The van der Waals surface area contributed by atoms with E-state index >= 15 is 0 Å². The predicted octanol–water partition coefficient (Wildman–Crippen LogP) is 3.72. The van der Waals surface area contributed by atoms with Crippen molar-refractivity contribution in [3.8, 4) is 0 Å². The smallest absolute Gasteiger partial charge is 0.219 e. The van der Waals surface area contributed by atoms with Crippen molar-refractivity contribution in [2.75, 3.05) is 0 Å². The van der Waals surface area contributed by atoms with E-state index in [0.29, 0.717) is 0 Å². The summed E-state index contributed by atoms with van der Waals surface area (Å²) in [4.78, 5) is 3.61. The summed E-state index contributed by atoms with van der Waals surface area (Å²) < 4.78 is 27.0. The highest BCUT2D eigenvalue weighted by molar-refractivity contribution is 5.28. The van der Waals surface area contributed by atoms with Crippen LogP contribution in [0.4, 0.5) is 8.78 Å². The number of alkyl halides is 1. The zero-order valence-electron chi connectivity index (χ0n) is 9.86. The van der Waals surface area contributed by atoms with Crippen LogP contribution in [0.5, 0.6) is 0 Å². The summed E-state index contributed by atoms with van der Waals surface area (Å²) >= 11 is 0. The molecule has 15 heavy (non-hydrogen) atoms. The summed E-state index contributed by atoms with van der Waals surface area (Å²) in [6, 6.07) is 1.56. The zero-order valence-corrected chi connectivity index (χ0v) is 9.86. The van der Waals surface area contributed by atoms with Crippen LogP contribution in [-0.2, 0) is 11.1 Å². The average molecular weight is 213 g/mol. The lowest BCUT2D eigenvalue weighted by Gasteiger charge is -2.22. The van der Waals surface area contributed by atoms with Crippen molar-refractivity contribution in [3.05, 3.63) is 29.3 Å². The van der Waals surface area contributed by atoms with Crippen molar-refractivity contribution in [2.45, 2.75) is 45.7 Å². The summed E-state index contributed by atoms with van der Waals surface area (Å²) in [6.07, 6.45) is 1.46. The van der Waals surface area contributed by atoms with Crippen LogP contribution in [0.3, 0.4) is 0 Å². The fraction of sp³-hybridized carbons (Fsp3) is 0.583. The van der Waals surface area contributed by atoms with E-state index < -0.39 is 11.6 Å². The highest BCUT2D eigenvalue weighted by Crippen LogP contribution is 2.30. The monoisotopic (exact) mass is 213 g/mol. The van der Waals surface area contributed by atoms with Crippen LogP contribution in [0.2, 0.25) is 0 Å². The topological polar surface area (TPSA) is 12.9 Å². The van der Waals surface area contributed by atoms with Gasteiger partial charge in [-0.1, -0.05) is 20.8 Å². The fourth-order valence-corrected chi connectivity index (χ4v) is 1.28. The minimum atomic E-state index is -1.70. The Morgan fingerprint density at radius 1 is 1.13 bits per heavy atom. The molecular weight excluding hydrogens is 196 g/mol. The van der Waals surface area contributed by atoms with Gasteiger partial charge in [-0.15, -0.1) is 0 Å². The molecule has 0 saturated carbocycles. The molecule has 0 atom stereocenters. The molecule has 0 radical (unpaired) electrons. The molecule has 0 spiro atoms. The van der Waals surface area contributed by atoms with E-state index in [2.05, 4.69) is 4.98 Å². The Morgan fingerprint density at radius 3 is 2.07 bits per heavy atom. The summed E-state index contributed by atoms with van der Waals surface area (Å²) in [5, 5.41) is 0. The van der Waals surface area contributed by atoms with Crippen molar-refractivity contribution in [1.29, 1.82) is 0 Å². The molecule has 1 nitrogen and oxygen atoms in total. The Balaban J connectivity index is 3.30. The van der Waals surface area contributed by atoms with Gasteiger partial charge in [-0.25, -0.2) is 9.37 Å². The Kier molecular flexibility index (Phi) is 2.85.